The third-order valence-electron chi connectivity index (χ3n) is 2.95. The van der Waals surface area contributed by atoms with Crippen LogP contribution in [0.25, 0.3) is 0 Å². The molecule has 0 spiro atoms. The van der Waals surface area contributed by atoms with Crippen LogP contribution in [0.5, 0.6) is 5.75 Å². The van der Waals surface area contributed by atoms with Crippen LogP contribution in [0.3, 0.4) is 0 Å². The summed E-state index contributed by atoms with van der Waals surface area (Å²) in [6.45, 7) is 9.73. The van der Waals surface area contributed by atoms with E-state index in [-0.39, 0.29) is 12.0 Å². The van der Waals surface area contributed by atoms with Crippen molar-refractivity contribution in [2.24, 2.45) is 0 Å². The van der Waals surface area contributed by atoms with E-state index < -0.39 is 5.60 Å². The number of amides is 1. The lowest BCUT2D eigenvalue weighted by atomic mass is 10.1. The molecule has 1 amide bonds. The van der Waals surface area contributed by atoms with E-state index in [1.165, 1.54) is 0 Å². The van der Waals surface area contributed by atoms with Crippen LogP contribution in [0.2, 0.25) is 0 Å². The molecule has 0 fully saturated rings. The Morgan fingerprint density at radius 2 is 2.09 bits per heavy atom. The van der Waals surface area contributed by atoms with Gasteiger partial charge < -0.3 is 14.8 Å². The second kappa shape index (κ2) is 7.81. The lowest BCUT2D eigenvalue weighted by Crippen LogP contribution is -2.40. The Morgan fingerprint density at radius 1 is 1.41 bits per heavy atom. The van der Waals surface area contributed by atoms with Gasteiger partial charge in [-0.1, -0.05) is 6.92 Å². The van der Waals surface area contributed by atoms with Gasteiger partial charge in [-0.05, 0) is 46.2 Å². The van der Waals surface area contributed by atoms with Crippen molar-refractivity contribution in [2.75, 3.05) is 11.9 Å². The predicted octanol–water partition coefficient (Wildman–Crippen LogP) is 3.49. The largest absolute Gasteiger partial charge is 0.491 e. The number of nitrogens with zero attached hydrogens (tertiary/aromatic N) is 1. The van der Waals surface area contributed by atoms with Crippen LogP contribution in [-0.2, 0) is 9.53 Å². The summed E-state index contributed by atoms with van der Waals surface area (Å²) >= 11 is 0. The molecule has 0 aliphatic carbocycles. The highest BCUT2D eigenvalue weighted by molar-refractivity contribution is 5.97. The molecule has 1 N–H and O–H groups in total. The number of nitrogens with one attached hydrogen (secondary N) is 1. The fourth-order valence-electron chi connectivity index (χ4n) is 1.77. The minimum absolute atomic E-state index is 0.0216. The molecule has 0 atom stereocenters. The molecule has 0 bridgehead atoms. The van der Waals surface area contributed by atoms with Crippen molar-refractivity contribution in [2.45, 2.75) is 52.7 Å². The molecule has 0 aliphatic rings. The van der Waals surface area contributed by atoms with Crippen molar-refractivity contribution < 1.29 is 14.3 Å². The van der Waals surface area contributed by atoms with Gasteiger partial charge >= 0.3 is 0 Å². The molecule has 0 aromatic heterocycles. The van der Waals surface area contributed by atoms with E-state index in [0.29, 0.717) is 23.6 Å². The summed E-state index contributed by atoms with van der Waals surface area (Å²) < 4.78 is 11.1. The highest BCUT2D eigenvalue weighted by Gasteiger charge is 2.28. The van der Waals surface area contributed by atoms with E-state index in [9.17, 15) is 10.1 Å². The van der Waals surface area contributed by atoms with E-state index in [1.807, 2.05) is 20.8 Å². The van der Waals surface area contributed by atoms with Gasteiger partial charge in [0.15, 0.2) is 0 Å². The molecule has 0 unspecified atom stereocenters. The maximum Gasteiger partial charge on any atom is 0.256 e. The van der Waals surface area contributed by atoms with Gasteiger partial charge in [0.25, 0.3) is 5.91 Å². The van der Waals surface area contributed by atoms with Gasteiger partial charge in [-0.3, -0.25) is 4.79 Å². The minimum Gasteiger partial charge on any atom is -0.491 e. The maximum absolute atomic E-state index is 12.3. The molecule has 22 heavy (non-hydrogen) atoms. The second-order valence-electron chi connectivity index (χ2n) is 5.80. The first-order valence-electron chi connectivity index (χ1n) is 7.46. The van der Waals surface area contributed by atoms with Crippen molar-refractivity contribution in [1.29, 1.82) is 5.26 Å². The number of anilines is 1. The fourth-order valence-corrected chi connectivity index (χ4v) is 1.77. The van der Waals surface area contributed by atoms with Crippen LogP contribution in [0.15, 0.2) is 18.2 Å². The first-order valence-corrected chi connectivity index (χ1v) is 7.46. The zero-order chi connectivity index (χ0) is 16.8. The standard InChI is InChI=1S/C17H24N2O3/c1-6-9-21-17(4,5)16(20)19-15-8-7-14(22-12(2)3)10-13(15)11-18/h7-8,10,12H,6,9H2,1-5H3,(H,19,20). The Morgan fingerprint density at radius 3 is 2.64 bits per heavy atom. The Labute approximate surface area is 132 Å². The second-order valence-corrected chi connectivity index (χ2v) is 5.80. The number of hydrogen-bond acceptors (Lipinski definition) is 4. The van der Waals surface area contributed by atoms with E-state index in [0.717, 1.165) is 6.42 Å². The maximum atomic E-state index is 12.3. The Bertz CT molecular complexity index is 560. The zero-order valence-electron chi connectivity index (χ0n) is 13.9. The molecule has 0 saturated carbocycles. The number of ether oxygens (including phenoxy) is 2. The summed E-state index contributed by atoms with van der Waals surface area (Å²) in [5.41, 5.74) is -0.134. The molecule has 120 valence electrons. The van der Waals surface area contributed by atoms with E-state index in [2.05, 4.69) is 11.4 Å². The lowest BCUT2D eigenvalue weighted by Gasteiger charge is -2.24. The van der Waals surface area contributed by atoms with Crippen LogP contribution in [0.1, 0.15) is 46.6 Å². The Kier molecular flexibility index (Phi) is 6.39. The minimum atomic E-state index is -0.949. The van der Waals surface area contributed by atoms with Crippen molar-refractivity contribution in [1.82, 2.24) is 0 Å². The van der Waals surface area contributed by atoms with Crippen molar-refractivity contribution in [3.8, 4) is 11.8 Å². The van der Waals surface area contributed by atoms with Gasteiger partial charge in [0.05, 0.1) is 17.4 Å². The normalized spacial score (nSPS) is 11.1. The number of carbonyl (C=O) groups excluding carboxylic acids is 1. The van der Waals surface area contributed by atoms with Crippen molar-refractivity contribution in [3.63, 3.8) is 0 Å². The molecule has 5 nitrogen and oxygen atoms in total. The lowest BCUT2D eigenvalue weighted by molar-refractivity contribution is -0.137. The van der Waals surface area contributed by atoms with E-state index in [4.69, 9.17) is 9.47 Å². The number of nitriles is 1. The highest BCUT2D eigenvalue weighted by Crippen LogP contribution is 2.24. The average molecular weight is 304 g/mol. The fraction of sp³-hybridized carbons (Fsp3) is 0.529. The summed E-state index contributed by atoms with van der Waals surface area (Å²) in [6, 6.07) is 7.10. The number of benzene rings is 1. The van der Waals surface area contributed by atoms with Crippen LogP contribution in [0.4, 0.5) is 5.69 Å². The Hall–Kier alpha value is -2.06. The molecular formula is C17H24N2O3. The molecule has 0 saturated heterocycles. The number of rotatable bonds is 7. The molecule has 1 rings (SSSR count). The number of carbonyl (C=O) groups is 1. The van der Waals surface area contributed by atoms with Gasteiger partial charge in [0, 0.05) is 12.7 Å². The summed E-state index contributed by atoms with van der Waals surface area (Å²) in [5, 5.41) is 12.0. The van der Waals surface area contributed by atoms with Gasteiger partial charge in [0.1, 0.15) is 17.4 Å². The summed E-state index contributed by atoms with van der Waals surface area (Å²) in [4.78, 5) is 12.3. The zero-order valence-corrected chi connectivity index (χ0v) is 13.9. The quantitative estimate of drug-likeness (QED) is 0.837. The van der Waals surface area contributed by atoms with Gasteiger partial charge in [-0.25, -0.2) is 0 Å². The monoisotopic (exact) mass is 304 g/mol. The molecule has 5 heteroatoms. The summed E-state index contributed by atoms with van der Waals surface area (Å²) in [5.74, 6) is 0.320. The van der Waals surface area contributed by atoms with E-state index in [1.54, 1.807) is 32.0 Å². The number of hydrogen-bond donors (Lipinski definition) is 1. The van der Waals surface area contributed by atoms with Crippen molar-refractivity contribution >= 4 is 11.6 Å². The average Bonchev–Trinajstić information content (AvgIpc) is 2.46. The first-order chi connectivity index (χ1) is 10.3. The van der Waals surface area contributed by atoms with Gasteiger partial charge in [-0.2, -0.15) is 5.26 Å². The van der Waals surface area contributed by atoms with Crippen LogP contribution in [-0.4, -0.2) is 24.2 Å². The SMILES string of the molecule is CCCOC(C)(C)C(=O)Nc1ccc(OC(C)C)cc1C#N. The third kappa shape index (κ3) is 5.05. The van der Waals surface area contributed by atoms with Gasteiger partial charge in [-0.15, -0.1) is 0 Å². The predicted molar refractivity (Wildman–Crippen MR) is 85.9 cm³/mol. The van der Waals surface area contributed by atoms with Gasteiger partial charge in [0.2, 0.25) is 0 Å². The van der Waals surface area contributed by atoms with Crippen molar-refractivity contribution in [3.05, 3.63) is 23.8 Å². The first kappa shape index (κ1) is 18.0. The third-order valence-corrected chi connectivity index (χ3v) is 2.95. The summed E-state index contributed by atoms with van der Waals surface area (Å²) in [6.07, 6.45) is 0.856. The van der Waals surface area contributed by atoms with Crippen LogP contribution in [0, 0.1) is 11.3 Å². The molecular weight excluding hydrogens is 280 g/mol. The molecule has 0 heterocycles. The van der Waals surface area contributed by atoms with Crippen LogP contribution < -0.4 is 10.1 Å². The smallest absolute Gasteiger partial charge is 0.256 e. The molecule has 0 aliphatic heterocycles. The van der Waals surface area contributed by atoms with Crippen LogP contribution >= 0.6 is 0 Å². The Balaban J connectivity index is 2.89. The highest BCUT2D eigenvalue weighted by atomic mass is 16.5. The summed E-state index contributed by atoms with van der Waals surface area (Å²) in [7, 11) is 0. The molecule has 0 radical (unpaired) electrons. The topological polar surface area (TPSA) is 71.3 Å². The van der Waals surface area contributed by atoms with E-state index >= 15 is 0 Å². The molecule has 1 aromatic rings. The molecule has 1 aromatic carbocycles.